The molecular formula is C20H16ClNO4. The van der Waals surface area contributed by atoms with Crippen LogP contribution in [0.3, 0.4) is 0 Å². The van der Waals surface area contributed by atoms with Crippen LogP contribution in [0.4, 0.5) is 0 Å². The van der Waals surface area contributed by atoms with Gasteiger partial charge in [-0.3, -0.25) is 0 Å². The third-order valence-corrected chi connectivity index (χ3v) is 4.14. The fourth-order valence-corrected chi connectivity index (χ4v) is 2.68. The molecule has 3 aromatic rings. The number of rotatable bonds is 4. The molecule has 132 valence electrons. The second kappa shape index (κ2) is 7.54. The number of halogens is 1. The first kappa shape index (κ1) is 17.9. The van der Waals surface area contributed by atoms with Crippen molar-refractivity contribution in [3.63, 3.8) is 0 Å². The molecule has 1 atom stereocenters. The van der Waals surface area contributed by atoms with Crippen LogP contribution in [0.5, 0.6) is 0 Å². The van der Waals surface area contributed by atoms with Gasteiger partial charge in [0, 0.05) is 16.0 Å². The van der Waals surface area contributed by atoms with Gasteiger partial charge in [-0.1, -0.05) is 41.9 Å². The predicted molar refractivity (Wildman–Crippen MR) is 99.1 cm³/mol. The standard InChI is InChI=1S/C20H16ClNO4/c1-12(19(23)25-2)26-20(24)16-11-18(13-7-9-14(21)10-8-13)22-17-6-4-3-5-15(16)17/h3-12H,1-2H3. The molecule has 1 heterocycles. The van der Waals surface area contributed by atoms with Crippen molar-refractivity contribution in [3.8, 4) is 11.3 Å². The molecule has 0 N–H and O–H groups in total. The molecular weight excluding hydrogens is 354 g/mol. The Kier molecular flexibility index (Phi) is 5.19. The van der Waals surface area contributed by atoms with Crippen LogP contribution in [0.1, 0.15) is 17.3 Å². The van der Waals surface area contributed by atoms with Crippen molar-refractivity contribution in [1.29, 1.82) is 0 Å². The molecule has 0 aliphatic rings. The Morgan fingerprint density at radius 3 is 2.46 bits per heavy atom. The van der Waals surface area contributed by atoms with Crippen LogP contribution in [-0.4, -0.2) is 30.1 Å². The lowest BCUT2D eigenvalue weighted by Gasteiger charge is -2.13. The largest absolute Gasteiger partial charge is 0.466 e. The van der Waals surface area contributed by atoms with Gasteiger partial charge in [-0.15, -0.1) is 0 Å². The van der Waals surface area contributed by atoms with Crippen LogP contribution >= 0.6 is 11.6 Å². The third-order valence-electron chi connectivity index (χ3n) is 3.89. The Bertz CT molecular complexity index is 969. The zero-order valence-electron chi connectivity index (χ0n) is 14.2. The number of fused-ring (bicyclic) bond motifs is 1. The summed E-state index contributed by atoms with van der Waals surface area (Å²) in [5.74, 6) is -1.23. The van der Waals surface area contributed by atoms with Crippen LogP contribution < -0.4 is 0 Å². The SMILES string of the molecule is COC(=O)C(C)OC(=O)c1cc(-c2ccc(Cl)cc2)nc2ccccc12. The number of carbonyl (C=O) groups excluding carboxylic acids is 2. The van der Waals surface area contributed by atoms with Gasteiger partial charge in [-0.2, -0.15) is 0 Å². The highest BCUT2D eigenvalue weighted by molar-refractivity contribution is 6.30. The van der Waals surface area contributed by atoms with Crippen molar-refractivity contribution in [3.05, 3.63) is 65.2 Å². The molecule has 6 heteroatoms. The molecule has 0 aliphatic carbocycles. The number of benzene rings is 2. The normalized spacial score (nSPS) is 11.8. The van der Waals surface area contributed by atoms with E-state index in [1.807, 2.05) is 30.3 Å². The van der Waals surface area contributed by atoms with Gasteiger partial charge in [-0.25, -0.2) is 14.6 Å². The van der Waals surface area contributed by atoms with Crippen molar-refractivity contribution < 1.29 is 19.1 Å². The maximum Gasteiger partial charge on any atom is 0.346 e. The Balaban J connectivity index is 2.07. The summed E-state index contributed by atoms with van der Waals surface area (Å²) in [5, 5.41) is 1.26. The Hall–Kier alpha value is -2.92. The monoisotopic (exact) mass is 369 g/mol. The zero-order chi connectivity index (χ0) is 18.7. The minimum Gasteiger partial charge on any atom is -0.466 e. The molecule has 0 aliphatic heterocycles. The lowest BCUT2D eigenvalue weighted by Crippen LogP contribution is -2.25. The number of ether oxygens (including phenoxy) is 2. The molecule has 26 heavy (non-hydrogen) atoms. The average molecular weight is 370 g/mol. The second-order valence-electron chi connectivity index (χ2n) is 5.65. The van der Waals surface area contributed by atoms with Gasteiger partial charge in [0.1, 0.15) is 0 Å². The highest BCUT2D eigenvalue weighted by atomic mass is 35.5. The minimum atomic E-state index is -1.00. The number of esters is 2. The van der Waals surface area contributed by atoms with Gasteiger partial charge < -0.3 is 9.47 Å². The molecule has 0 bridgehead atoms. The van der Waals surface area contributed by atoms with Gasteiger partial charge in [0.2, 0.25) is 0 Å². The third kappa shape index (κ3) is 3.68. The summed E-state index contributed by atoms with van der Waals surface area (Å²) in [6.07, 6.45) is -1.00. The number of para-hydroxylation sites is 1. The highest BCUT2D eigenvalue weighted by Gasteiger charge is 2.22. The molecule has 1 aromatic heterocycles. The van der Waals surface area contributed by atoms with Crippen LogP contribution in [-0.2, 0) is 14.3 Å². The van der Waals surface area contributed by atoms with E-state index in [-0.39, 0.29) is 0 Å². The first-order chi connectivity index (χ1) is 12.5. The van der Waals surface area contributed by atoms with E-state index in [9.17, 15) is 9.59 Å². The van der Waals surface area contributed by atoms with Gasteiger partial charge in [-0.05, 0) is 31.2 Å². The molecule has 0 amide bonds. The first-order valence-electron chi connectivity index (χ1n) is 7.94. The highest BCUT2D eigenvalue weighted by Crippen LogP contribution is 2.26. The van der Waals surface area contributed by atoms with E-state index in [0.717, 1.165) is 5.56 Å². The van der Waals surface area contributed by atoms with E-state index in [0.29, 0.717) is 27.2 Å². The van der Waals surface area contributed by atoms with Crippen molar-refractivity contribution in [2.45, 2.75) is 13.0 Å². The molecule has 3 rings (SSSR count). The van der Waals surface area contributed by atoms with Gasteiger partial charge >= 0.3 is 11.9 Å². The van der Waals surface area contributed by atoms with Gasteiger partial charge in [0.05, 0.1) is 23.9 Å². The number of nitrogens with zero attached hydrogens (tertiary/aromatic N) is 1. The topological polar surface area (TPSA) is 65.5 Å². The summed E-state index contributed by atoms with van der Waals surface area (Å²) in [6.45, 7) is 1.47. The van der Waals surface area contributed by atoms with Gasteiger partial charge in [0.15, 0.2) is 6.10 Å². The van der Waals surface area contributed by atoms with E-state index in [1.165, 1.54) is 14.0 Å². The van der Waals surface area contributed by atoms with E-state index in [4.69, 9.17) is 16.3 Å². The van der Waals surface area contributed by atoms with Crippen molar-refractivity contribution >= 4 is 34.4 Å². The van der Waals surface area contributed by atoms with Crippen molar-refractivity contribution in [2.24, 2.45) is 0 Å². The zero-order valence-corrected chi connectivity index (χ0v) is 15.0. The summed E-state index contributed by atoms with van der Waals surface area (Å²) in [5.41, 5.74) is 2.40. The number of pyridine rings is 1. The lowest BCUT2D eigenvalue weighted by atomic mass is 10.0. The number of methoxy groups -OCH3 is 1. The Morgan fingerprint density at radius 1 is 1.08 bits per heavy atom. The number of carbonyl (C=O) groups is 2. The van der Waals surface area contributed by atoms with Crippen LogP contribution in [0.2, 0.25) is 5.02 Å². The molecule has 2 aromatic carbocycles. The van der Waals surface area contributed by atoms with Crippen LogP contribution in [0, 0.1) is 0 Å². The fourth-order valence-electron chi connectivity index (χ4n) is 2.55. The smallest absolute Gasteiger partial charge is 0.346 e. The van der Waals surface area contributed by atoms with Crippen LogP contribution in [0.25, 0.3) is 22.2 Å². The van der Waals surface area contributed by atoms with E-state index < -0.39 is 18.0 Å². The predicted octanol–water partition coefficient (Wildman–Crippen LogP) is 4.27. The van der Waals surface area contributed by atoms with Crippen LogP contribution in [0.15, 0.2) is 54.6 Å². The number of hydrogen-bond acceptors (Lipinski definition) is 5. The maximum atomic E-state index is 12.6. The number of hydrogen-bond donors (Lipinski definition) is 0. The molecule has 5 nitrogen and oxygen atoms in total. The summed E-state index contributed by atoms with van der Waals surface area (Å²) in [4.78, 5) is 28.8. The Labute approximate surface area is 155 Å². The number of aromatic nitrogens is 1. The minimum absolute atomic E-state index is 0.330. The molecule has 0 saturated heterocycles. The average Bonchev–Trinajstić information content (AvgIpc) is 2.66. The summed E-state index contributed by atoms with van der Waals surface area (Å²) in [6, 6.07) is 16.1. The molecule has 1 unspecified atom stereocenters. The van der Waals surface area contributed by atoms with E-state index in [1.54, 1.807) is 24.3 Å². The molecule has 0 radical (unpaired) electrons. The molecule has 0 fully saturated rings. The molecule has 0 spiro atoms. The second-order valence-corrected chi connectivity index (χ2v) is 6.09. The maximum absolute atomic E-state index is 12.6. The summed E-state index contributed by atoms with van der Waals surface area (Å²) < 4.78 is 9.84. The lowest BCUT2D eigenvalue weighted by molar-refractivity contribution is -0.149. The summed E-state index contributed by atoms with van der Waals surface area (Å²) >= 11 is 5.94. The van der Waals surface area contributed by atoms with Gasteiger partial charge in [0.25, 0.3) is 0 Å². The quantitative estimate of drug-likeness (QED) is 0.642. The molecule has 0 saturated carbocycles. The van der Waals surface area contributed by atoms with Crippen molar-refractivity contribution in [1.82, 2.24) is 4.98 Å². The Morgan fingerprint density at radius 2 is 1.77 bits per heavy atom. The first-order valence-corrected chi connectivity index (χ1v) is 8.32. The van der Waals surface area contributed by atoms with E-state index in [2.05, 4.69) is 9.72 Å². The summed E-state index contributed by atoms with van der Waals surface area (Å²) in [7, 11) is 1.24. The fraction of sp³-hybridized carbons (Fsp3) is 0.150. The van der Waals surface area contributed by atoms with E-state index >= 15 is 0 Å². The van der Waals surface area contributed by atoms with Crippen molar-refractivity contribution in [2.75, 3.05) is 7.11 Å².